The minimum atomic E-state index is 0.401. The summed E-state index contributed by atoms with van der Waals surface area (Å²) in [5, 5.41) is 0. The lowest BCUT2D eigenvalue weighted by Crippen LogP contribution is -2.31. The number of aromatic nitrogens is 4. The van der Waals surface area contributed by atoms with Crippen molar-refractivity contribution in [3.05, 3.63) is 36.4 Å². The second-order valence-electron chi connectivity index (χ2n) is 5.13. The maximum absolute atomic E-state index is 3.76. The summed E-state index contributed by atoms with van der Waals surface area (Å²) in [6.07, 6.45) is 12.7. The topological polar surface area (TPSA) is 39.3 Å². The molecule has 0 fully saturated rings. The van der Waals surface area contributed by atoms with Crippen LogP contribution in [0.4, 0.5) is 0 Å². The molecule has 0 radical (unpaired) electrons. The van der Waals surface area contributed by atoms with E-state index in [1.165, 1.54) is 24.5 Å². The predicted molar refractivity (Wildman–Crippen MR) is 85.7 cm³/mol. The monoisotopic (exact) mass is 404 g/mol. The minimum Gasteiger partial charge on any atom is -0.247 e. The molecule has 2 aromatic rings. The van der Waals surface area contributed by atoms with Crippen molar-refractivity contribution in [1.29, 1.82) is 0 Å². The molecule has 2 rings (SSSR count). The van der Waals surface area contributed by atoms with Crippen LogP contribution in [-0.2, 0) is 14.1 Å². The number of nitrogens with zero attached hydrogens (tertiary/aromatic N) is 2. The maximum Gasteiger partial charge on any atom is 0.267 e. The van der Waals surface area contributed by atoms with Crippen molar-refractivity contribution >= 4 is 31.9 Å². The first-order chi connectivity index (χ1) is 9.59. The van der Waals surface area contributed by atoms with Gasteiger partial charge in [-0.1, -0.05) is 44.7 Å². The Morgan fingerprint density at radius 3 is 1.60 bits per heavy atom. The largest absolute Gasteiger partial charge is 0.267 e. The third-order valence-corrected chi connectivity index (χ3v) is 5.36. The first-order valence-corrected chi connectivity index (χ1v) is 8.76. The number of H-pyrrole nitrogens is 2. The number of unbranched alkanes of at least 4 members (excludes halogenated alkanes) is 1. The van der Waals surface area contributed by atoms with E-state index in [0.29, 0.717) is 9.65 Å². The summed E-state index contributed by atoms with van der Waals surface area (Å²) in [5.74, 6) is 2.47. The molecule has 2 heterocycles. The molecule has 0 saturated heterocycles. The summed E-state index contributed by atoms with van der Waals surface area (Å²) in [6.45, 7) is 0. The lowest BCUT2D eigenvalue weighted by atomic mass is 10.1. The van der Waals surface area contributed by atoms with Gasteiger partial charge in [-0.25, -0.2) is 19.1 Å². The first-order valence-electron chi connectivity index (χ1n) is 6.93. The summed E-state index contributed by atoms with van der Waals surface area (Å²) in [5.41, 5.74) is 0. The zero-order valence-corrected chi connectivity index (χ0v) is 15.1. The first kappa shape index (κ1) is 15.8. The van der Waals surface area contributed by atoms with Crippen LogP contribution >= 0.6 is 31.9 Å². The van der Waals surface area contributed by atoms with Crippen molar-refractivity contribution in [1.82, 2.24) is 9.97 Å². The minimum absolute atomic E-state index is 0.401. The van der Waals surface area contributed by atoms with Crippen molar-refractivity contribution in [2.75, 3.05) is 0 Å². The fourth-order valence-electron chi connectivity index (χ4n) is 2.38. The van der Waals surface area contributed by atoms with Crippen LogP contribution in [0.15, 0.2) is 24.8 Å². The van der Waals surface area contributed by atoms with E-state index in [1.807, 2.05) is 24.8 Å². The Hall–Kier alpha value is -0.620. The molecule has 0 spiro atoms. The van der Waals surface area contributed by atoms with Crippen molar-refractivity contribution in [2.24, 2.45) is 14.1 Å². The highest BCUT2D eigenvalue weighted by molar-refractivity contribution is 9.09. The van der Waals surface area contributed by atoms with Crippen LogP contribution in [-0.4, -0.2) is 9.97 Å². The average Bonchev–Trinajstić information content (AvgIpc) is 3.02. The maximum atomic E-state index is 3.76. The van der Waals surface area contributed by atoms with Crippen molar-refractivity contribution in [3.8, 4) is 0 Å². The molecule has 2 unspecified atom stereocenters. The molecule has 0 aliphatic rings. The molecule has 2 atom stereocenters. The van der Waals surface area contributed by atoms with Crippen molar-refractivity contribution in [3.63, 3.8) is 0 Å². The van der Waals surface area contributed by atoms with Crippen LogP contribution in [0.2, 0.25) is 0 Å². The van der Waals surface area contributed by atoms with Gasteiger partial charge in [-0.05, 0) is 12.8 Å². The Kier molecular flexibility index (Phi) is 5.84. The number of rotatable bonds is 7. The van der Waals surface area contributed by atoms with Crippen LogP contribution < -0.4 is 9.13 Å². The smallest absolute Gasteiger partial charge is 0.247 e. The van der Waals surface area contributed by atoms with Gasteiger partial charge in [-0.2, -0.15) is 0 Å². The van der Waals surface area contributed by atoms with E-state index in [-0.39, 0.29) is 0 Å². The SMILES string of the molecule is C[n+]1cc[nH]c1C(Br)CCCCC(Br)c1[nH]cc[n+]1C. The van der Waals surface area contributed by atoms with Gasteiger partial charge in [0.2, 0.25) is 0 Å². The van der Waals surface area contributed by atoms with E-state index in [0.717, 1.165) is 12.8 Å². The fourth-order valence-corrected chi connectivity index (χ4v) is 3.93. The number of hydrogen-bond acceptors (Lipinski definition) is 0. The summed E-state index contributed by atoms with van der Waals surface area (Å²) >= 11 is 7.52. The number of alkyl halides is 2. The van der Waals surface area contributed by atoms with E-state index in [4.69, 9.17) is 0 Å². The highest BCUT2D eigenvalue weighted by Crippen LogP contribution is 2.28. The summed E-state index contributed by atoms with van der Waals surface area (Å²) in [7, 11) is 4.14. The Morgan fingerprint density at radius 2 is 1.30 bits per heavy atom. The van der Waals surface area contributed by atoms with Gasteiger partial charge in [0, 0.05) is 0 Å². The van der Waals surface area contributed by atoms with Gasteiger partial charge >= 0.3 is 0 Å². The zero-order valence-electron chi connectivity index (χ0n) is 11.9. The molecule has 6 heteroatoms. The van der Waals surface area contributed by atoms with Crippen LogP contribution in [0.3, 0.4) is 0 Å². The third-order valence-electron chi connectivity index (χ3n) is 3.58. The lowest BCUT2D eigenvalue weighted by Gasteiger charge is -2.07. The molecule has 0 bridgehead atoms. The van der Waals surface area contributed by atoms with Crippen LogP contribution in [0, 0.1) is 0 Å². The highest BCUT2D eigenvalue weighted by Gasteiger charge is 2.20. The van der Waals surface area contributed by atoms with Crippen LogP contribution in [0.5, 0.6) is 0 Å². The Morgan fingerprint density at radius 1 is 0.900 bits per heavy atom. The number of aromatic amines is 2. The van der Waals surface area contributed by atoms with Crippen molar-refractivity contribution < 1.29 is 9.13 Å². The second kappa shape index (κ2) is 7.41. The number of halogens is 2. The molecule has 0 aliphatic heterocycles. The van der Waals surface area contributed by atoms with Crippen LogP contribution in [0.1, 0.15) is 47.0 Å². The number of aryl methyl sites for hydroxylation is 2. The molecule has 0 amide bonds. The van der Waals surface area contributed by atoms with Gasteiger partial charge in [-0.15, -0.1) is 0 Å². The molecule has 0 aromatic carbocycles. The molecule has 0 aliphatic carbocycles. The van der Waals surface area contributed by atoms with Gasteiger partial charge in [0.15, 0.2) is 0 Å². The van der Waals surface area contributed by atoms with E-state index < -0.39 is 0 Å². The summed E-state index contributed by atoms with van der Waals surface area (Å²) < 4.78 is 4.26. The Labute approximate surface area is 136 Å². The molecule has 20 heavy (non-hydrogen) atoms. The van der Waals surface area contributed by atoms with Gasteiger partial charge in [0.25, 0.3) is 11.6 Å². The Balaban J connectivity index is 1.72. The zero-order chi connectivity index (χ0) is 14.5. The van der Waals surface area contributed by atoms with E-state index in [1.54, 1.807) is 0 Å². The lowest BCUT2D eigenvalue weighted by molar-refractivity contribution is -0.678. The van der Waals surface area contributed by atoms with Crippen LogP contribution in [0.25, 0.3) is 0 Å². The summed E-state index contributed by atoms with van der Waals surface area (Å²) in [4.78, 5) is 7.37. The molecule has 0 saturated carbocycles. The number of imidazole rings is 2. The summed E-state index contributed by atoms with van der Waals surface area (Å²) in [6, 6.07) is 0. The third kappa shape index (κ3) is 3.95. The van der Waals surface area contributed by atoms with Gasteiger partial charge in [0.05, 0.1) is 14.1 Å². The van der Waals surface area contributed by atoms with Gasteiger partial charge in [-0.3, -0.25) is 0 Å². The van der Waals surface area contributed by atoms with E-state index >= 15 is 0 Å². The van der Waals surface area contributed by atoms with Gasteiger partial charge < -0.3 is 0 Å². The quantitative estimate of drug-likeness (QED) is 0.403. The molecule has 110 valence electrons. The highest BCUT2D eigenvalue weighted by atomic mass is 79.9. The predicted octanol–water partition coefficient (Wildman–Crippen LogP) is 3.12. The number of nitrogens with one attached hydrogen (secondary N) is 2. The second-order valence-corrected chi connectivity index (χ2v) is 7.34. The molecule has 2 aromatic heterocycles. The molecule has 4 nitrogen and oxygen atoms in total. The fraction of sp³-hybridized carbons (Fsp3) is 0.571. The molecular formula is C14H22Br2N4+2. The normalized spacial score (nSPS) is 14.4. The van der Waals surface area contributed by atoms with E-state index in [9.17, 15) is 0 Å². The molecular weight excluding hydrogens is 384 g/mol. The van der Waals surface area contributed by atoms with E-state index in [2.05, 4.69) is 65.1 Å². The van der Waals surface area contributed by atoms with Crippen molar-refractivity contribution in [2.45, 2.75) is 35.3 Å². The molecule has 2 N–H and O–H groups in total. The Bertz CT molecular complexity index is 487. The standard InChI is InChI=1S/C14H20Br2N4/c1-19-9-7-17-13(19)11(15)5-3-4-6-12(16)14-18-8-10-20(14)2/h7-12H,3-6H2,1-2H3/p+2. The van der Waals surface area contributed by atoms with Gasteiger partial charge in [0.1, 0.15) is 34.4 Å². The number of hydrogen-bond donors (Lipinski definition) is 2. The average molecular weight is 406 g/mol.